The fraction of sp³-hybridized carbons (Fsp3) is 0.276. The van der Waals surface area contributed by atoms with Crippen LogP contribution in [0.5, 0.6) is 5.75 Å². The summed E-state index contributed by atoms with van der Waals surface area (Å²) in [5, 5.41) is 9.00. The summed E-state index contributed by atoms with van der Waals surface area (Å²) in [5.74, 6) is 0.189. The highest BCUT2D eigenvalue weighted by Gasteiger charge is 2.35. The van der Waals surface area contributed by atoms with Crippen LogP contribution in [0.25, 0.3) is 0 Å². The van der Waals surface area contributed by atoms with Crippen molar-refractivity contribution in [2.75, 3.05) is 39.2 Å². The first-order valence-corrected chi connectivity index (χ1v) is 13.0. The van der Waals surface area contributed by atoms with Gasteiger partial charge >= 0.3 is 12.2 Å². The van der Waals surface area contributed by atoms with Crippen LogP contribution in [-0.2, 0) is 15.7 Å². The molecule has 4 rings (SSSR count). The van der Waals surface area contributed by atoms with E-state index in [1.165, 1.54) is 17.0 Å². The number of ether oxygens (including phenoxy) is 2. The molecule has 216 valence electrons. The summed E-state index contributed by atoms with van der Waals surface area (Å²) in [6, 6.07) is 17.3. The summed E-state index contributed by atoms with van der Waals surface area (Å²) in [7, 11) is 3.01. The molecule has 0 saturated heterocycles. The van der Waals surface area contributed by atoms with E-state index in [2.05, 4.69) is 10.4 Å². The maximum absolute atomic E-state index is 13.7. The fourth-order valence-corrected chi connectivity index (χ4v) is 4.56. The van der Waals surface area contributed by atoms with Crippen molar-refractivity contribution in [3.05, 3.63) is 94.5 Å². The Labute approximate surface area is 240 Å². The van der Waals surface area contributed by atoms with Gasteiger partial charge in [0.2, 0.25) is 0 Å². The maximum Gasteiger partial charge on any atom is 0.416 e. The molecule has 0 aliphatic carbocycles. The molecule has 12 heteroatoms. The molecule has 3 amide bonds. The molecule has 41 heavy (non-hydrogen) atoms. The van der Waals surface area contributed by atoms with Crippen molar-refractivity contribution in [3.8, 4) is 5.75 Å². The predicted octanol–water partition coefficient (Wildman–Crippen LogP) is 6.23. The topological polar surface area (TPSA) is 83.5 Å². The molecular weight excluding hydrogens is 561 g/mol. The minimum atomic E-state index is -4.50. The molecule has 1 aliphatic heterocycles. The quantitative estimate of drug-likeness (QED) is 0.321. The van der Waals surface area contributed by atoms with Crippen LogP contribution in [0, 0.1) is 0 Å². The van der Waals surface area contributed by atoms with Crippen molar-refractivity contribution < 1.29 is 32.2 Å². The normalized spacial score (nSPS) is 14.9. The smallest absolute Gasteiger partial charge is 0.416 e. The van der Waals surface area contributed by atoms with Crippen LogP contribution in [0.3, 0.4) is 0 Å². The molecule has 8 nitrogen and oxygen atoms in total. The lowest BCUT2D eigenvalue weighted by atomic mass is 9.98. The summed E-state index contributed by atoms with van der Waals surface area (Å²) < 4.78 is 49.1. The van der Waals surface area contributed by atoms with Crippen molar-refractivity contribution in [1.29, 1.82) is 0 Å². The first kappa shape index (κ1) is 29.9. The van der Waals surface area contributed by atoms with Gasteiger partial charge in [-0.3, -0.25) is 4.79 Å². The SMILES string of the molecule is COCCN(CC(=O)N1N=C(c2ccccc2Cl)CC1c1ccc(OC)cc1)C(=O)Nc1ccc(C(F)(F)F)cc1. The van der Waals surface area contributed by atoms with E-state index in [0.717, 1.165) is 29.8 Å². The molecule has 1 unspecified atom stereocenters. The summed E-state index contributed by atoms with van der Waals surface area (Å²) >= 11 is 6.42. The number of nitrogens with zero attached hydrogens (tertiary/aromatic N) is 3. The molecule has 0 radical (unpaired) electrons. The zero-order valence-electron chi connectivity index (χ0n) is 22.3. The molecule has 0 fully saturated rings. The highest BCUT2D eigenvalue weighted by Crippen LogP contribution is 2.35. The van der Waals surface area contributed by atoms with Gasteiger partial charge in [0.1, 0.15) is 12.3 Å². The number of nitrogens with one attached hydrogen (secondary N) is 1. The zero-order valence-corrected chi connectivity index (χ0v) is 23.1. The van der Waals surface area contributed by atoms with E-state index in [0.29, 0.717) is 28.5 Å². The maximum atomic E-state index is 13.7. The van der Waals surface area contributed by atoms with Crippen LogP contribution in [0.1, 0.15) is 29.2 Å². The van der Waals surface area contributed by atoms with Crippen molar-refractivity contribution in [2.45, 2.75) is 18.6 Å². The van der Waals surface area contributed by atoms with Gasteiger partial charge in [-0.1, -0.05) is 41.9 Å². The molecule has 3 aromatic carbocycles. The third kappa shape index (κ3) is 7.36. The Balaban J connectivity index is 1.57. The summed E-state index contributed by atoms with van der Waals surface area (Å²) in [6.07, 6.45) is -4.11. The fourth-order valence-electron chi connectivity index (χ4n) is 4.32. The number of urea groups is 1. The monoisotopic (exact) mass is 588 g/mol. The Morgan fingerprint density at radius 1 is 1.05 bits per heavy atom. The van der Waals surface area contributed by atoms with E-state index in [1.807, 2.05) is 24.3 Å². The van der Waals surface area contributed by atoms with Gasteiger partial charge in [-0.25, -0.2) is 9.80 Å². The number of amides is 3. The number of hydrazone groups is 1. The minimum absolute atomic E-state index is 0.0524. The second-order valence-electron chi connectivity index (χ2n) is 9.18. The van der Waals surface area contributed by atoms with Gasteiger partial charge in [0.05, 0.1) is 31.0 Å². The molecule has 0 bridgehead atoms. The molecule has 1 heterocycles. The van der Waals surface area contributed by atoms with Crippen LogP contribution in [0.15, 0.2) is 77.9 Å². The Hall–Kier alpha value is -4.09. The van der Waals surface area contributed by atoms with E-state index >= 15 is 0 Å². The van der Waals surface area contributed by atoms with Crippen LogP contribution >= 0.6 is 11.6 Å². The van der Waals surface area contributed by atoms with Gasteiger partial charge in [-0.2, -0.15) is 18.3 Å². The van der Waals surface area contributed by atoms with E-state index in [4.69, 9.17) is 21.1 Å². The van der Waals surface area contributed by atoms with Gasteiger partial charge in [0, 0.05) is 36.3 Å². The third-order valence-corrected chi connectivity index (χ3v) is 6.82. The highest BCUT2D eigenvalue weighted by molar-refractivity contribution is 6.34. The van der Waals surface area contributed by atoms with Crippen molar-refractivity contribution >= 4 is 34.9 Å². The number of methoxy groups -OCH3 is 2. The van der Waals surface area contributed by atoms with E-state index in [1.54, 1.807) is 31.4 Å². The lowest BCUT2D eigenvalue weighted by Crippen LogP contribution is -2.44. The van der Waals surface area contributed by atoms with Crippen molar-refractivity contribution in [1.82, 2.24) is 9.91 Å². The Morgan fingerprint density at radius 2 is 1.73 bits per heavy atom. The minimum Gasteiger partial charge on any atom is -0.497 e. The van der Waals surface area contributed by atoms with Crippen LogP contribution < -0.4 is 10.1 Å². The summed E-state index contributed by atoms with van der Waals surface area (Å²) in [5.41, 5.74) is 1.42. The van der Waals surface area contributed by atoms with E-state index in [9.17, 15) is 22.8 Å². The van der Waals surface area contributed by atoms with Gasteiger partial charge in [-0.05, 0) is 48.0 Å². The third-order valence-electron chi connectivity index (χ3n) is 6.49. The molecule has 3 aromatic rings. The second kappa shape index (κ2) is 13.0. The number of hydrogen-bond acceptors (Lipinski definition) is 5. The summed E-state index contributed by atoms with van der Waals surface area (Å²) in [6.45, 7) is -0.178. The van der Waals surface area contributed by atoms with E-state index < -0.39 is 29.7 Å². The highest BCUT2D eigenvalue weighted by atomic mass is 35.5. The lowest BCUT2D eigenvalue weighted by molar-refractivity contribution is -0.137. The number of carbonyl (C=O) groups is 2. The molecule has 1 N–H and O–H groups in total. The molecule has 1 aliphatic rings. The predicted molar refractivity (Wildman–Crippen MR) is 149 cm³/mol. The van der Waals surface area contributed by atoms with Crippen LogP contribution in [0.4, 0.5) is 23.7 Å². The first-order valence-electron chi connectivity index (χ1n) is 12.6. The Bertz CT molecular complexity index is 1400. The number of hydrogen-bond donors (Lipinski definition) is 1. The average molecular weight is 589 g/mol. The molecular formula is C29H28ClF3N4O4. The standard InChI is InChI=1S/C29H28ClF3N4O4/c1-40-16-15-36(28(39)34-21-11-9-20(10-12-21)29(31,32)33)18-27(38)37-26(19-7-13-22(41-2)14-8-19)17-25(35-37)23-5-3-4-6-24(23)30/h3-14,26H,15-18H2,1-2H3,(H,34,39). The number of benzene rings is 3. The first-order chi connectivity index (χ1) is 19.6. The number of carbonyl (C=O) groups excluding carboxylic acids is 2. The van der Waals surface area contributed by atoms with E-state index in [-0.39, 0.29) is 25.4 Å². The number of anilines is 1. The van der Waals surface area contributed by atoms with Gasteiger partial charge in [-0.15, -0.1) is 0 Å². The molecule has 0 saturated carbocycles. The lowest BCUT2D eigenvalue weighted by Gasteiger charge is -2.27. The zero-order chi connectivity index (χ0) is 29.6. The largest absolute Gasteiger partial charge is 0.497 e. The molecule has 0 spiro atoms. The number of rotatable bonds is 9. The molecule has 1 atom stereocenters. The van der Waals surface area contributed by atoms with Crippen molar-refractivity contribution in [3.63, 3.8) is 0 Å². The Morgan fingerprint density at radius 3 is 2.34 bits per heavy atom. The number of alkyl halides is 3. The Kier molecular flexibility index (Phi) is 9.51. The van der Waals surface area contributed by atoms with Crippen LogP contribution in [0.2, 0.25) is 5.02 Å². The number of halogens is 4. The van der Waals surface area contributed by atoms with Gasteiger partial charge < -0.3 is 19.7 Å². The average Bonchev–Trinajstić information content (AvgIpc) is 3.40. The van der Waals surface area contributed by atoms with Gasteiger partial charge in [0.15, 0.2) is 0 Å². The molecule has 0 aromatic heterocycles. The van der Waals surface area contributed by atoms with Gasteiger partial charge in [0.25, 0.3) is 5.91 Å². The summed E-state index contributed by atoms with van der Waals surface area (Å²) in [4.78, 5) is 28.0. The van der Waals surface area contributed by atoms with Crippen molar-refractivity contribution in [2.24, 2.45) is 5.10 Å². The van der Waals surface area contributed by atoms with Crippen LogP contribution in [-0.4, -0.2) is 61.5 Å². The second-order valence-corrected chi connectivity index (χ2v) is 9.58.